The van der Waals surface area contributed by atoms with Gasteiger partial charge >= 0.3 is 0 Å². The Balaban J connectivity index is 1.79. The van der Waals surface area contributed by atoms with Crippen LogP contribution in [-0.2, 0) is 9.59 Å². The molecule has 0 aliphatic heterocycles. The molecule has 0 saturated carbocycles. The number of hydrogen-bond donors (Lipinski definition) is 2. The van der Waals surface area contributed by atoms with Gasteiger partial charge in [-0.3, -0.25) is 9.59 Å². The molecule has 22 heavy (non-hydrogen) atoms. The van der Waals surface area contributed by atoms with E-state index in [9.17, 15) is 9.59 Å². The van der Waals surface area contributed by atoms with Gasteiger partial charge in [-0.05, 0) is 43.5 Å². The Bertz CT molecular complexity index is 621. The Kier molecular flexibility index (Phi) is 5.79. The molecule has 2 N–H and O–H groups in total. The molecule has 1 aliphatic rings. The van der Waals surface area contributed by atoms with Crippen LogP contribution in [0.4, 0.5) is 5.69 Å². The minimum atomic E-state index is -0.0981. The predicted molar refractivity (Wildman–Crippen MR) is 87.1 cm³/mol. The van der Waals surface area contributed by atoms with E-state index in [1.165, 1.54) is 6.92 Å². The molecular formula is C18H20N2O2. The number of carbonyl (C=O) groups excluding carboxylic acids is 2. The molecule has 1 atom stereocenters. The lowest BCUT2D eigenvalue weighted by Gasteiger charge is -2.16. The van der Waals surface area contributed by atoms with Gasteiger partial charge in [0.25, 0.3) is 0 Å². The molecule has 0 spiro atoms. The summed E-state index contributed by atoms with van der Waals surface area (Å²) in [5, 5.41) is 5.56. The van der Waals surface area contributed by atoms with Gasteiger partial charge in [-0.2, -0.15) is 0 Å². The summed E-state index contributed by atoms with van der Waals surface area (Å²) < 4.78 is 0. The highest BCUT2D eigenvalue weighted by Gasteiger charge is 2.17. The average molecular weight is 296 g/mol. The number of nitrogens with one attached hydrogen (secondary N) is 2. The molecule has 0 bridgehead atoms. The van der Waals surface area contributed by atoms with Crippen LogP contribution in [0, 0.1) is 17.8 Å². The van der Waals surface area contributed by atoms with Crippen LogP contribution < -0.4 is 10.6 Å². The number of anilines is 1. The summed E-state index contributed by atoms with van der Waals surface area (Å²) in [5.74, 6) is 6.01. The molecule has 1 aromatic carbocycles. The van der Waals surface area contributed by atoms with Crippen molar-refractivity contribution in [1.82, 2.24) is 5.32 Å². The topological polar surface area (TPSA) is 58.2 Å². The fraction of sp³-hybridized carbons (Fsp3) is 0.333. The van der Waals surface area contributed by atoms with E-state index in [1.54, 1.807) is 12.1 Å². The molecule has 1 unspecified atom stereocenters. The van der Waals surface area contributed by atoms with Crippen molar-refractivity contribution >= 4 is 17.5 Å². The maximum absolute atomic E-state index is 11.9. The number of benzene rings is 1. The zero-order chi connectivity index (χ0) is 15.8. The molecule has 4 nitrogen and oxygen atoms in total. The highest BCUT2D eigenvalue weighted by atomic mass is 16.2. The van der Waals surface area contributed by atoms with Gasteiger partial charge in [0, 0.05) is 24.1 Å². The molecule has 0 saturated heterocycles. The van der Waals surface area contributed by atoms with Gasteiger partial charge in [-0.1, -0.05) is 24.0 Å². The van der Waals surface area contributed by atoms with Gasteiger partial charge in [-0.15, -0.1) is 0 Å². The summed E-state index contributed by atoms with van der Waals surface area (Å²) >= 11 is 0. The second kappa shape index (κ2) is 8.04. The van der Waals surface area contributed by atoms with Crippen molar-refractivity contribution in [3.63, 3.8) is 0 Å². The summed E-state index contributed by atoms with van der Waals surface area (Å²) in [7, 11) is 0. The lowest BCUT2D eigenvalue weighted by Crippen LogP contribution is -2.31. The summed E-state index contributed by atoms with van der Waals surface area (Å²) in [6, 6.07) is 7.29. The van der Waals surface area contributed by atoms with Gasteiger partial charge < -0.3 is 10.6 Å². The number of rotatable bonds is 3. The Morgan fingerprint density at radius 1 is 1.23 bits per heavy atom. The summed E-state index contributed by atoms with van der Waals surface area (Å²) in [5.41, 5.74) is 1.60. The molecule has 0 radical (unpaired) electrons. The van der Waals surface area contributed by atoms with Crippen LogP contribution in [-0.4, -0.2) is 18.4 Å². The molecule has 0 heterocycles. The first kappa shape index (κ1) is 15.8. The zero-order valence-electron chi connectivity index (χ0n) is 12.7. The van der Waals surface area contributed by atoms with E-state index in [4.69, 9.17) is 0 Å². The maximum atomic E-state index is 11.9. The average Bonchev–Trinajstić information content (AvgIpc) is 2.53. The van der Waals surface area contributed by atoms with Crippen LogP contribution in [0.15, 0.2) is 36.4 Å². The van der Waals surface area contributed by atoms with Gasteiger partial charge in [0.05, 0.1) is 6.54 Å². The van der Waals surface area contributed by atoms with E-state index >= 15 is 0 Å². The largest absolute Gasteiger partial charge is 0.345 e. The van der Waals surface area contributed by atoms with Crippen molar-refractivity contribution in [3.8, 4) is 11.8 Å². The van der Waals surface area contributed by atoms with E-state index in [0.29, 0.717) is 6.54 Å². The van der Waals surface area contributed by atoms with Crippen molar-refractivity contribution < 1.29 is 9.59 Å². The molecule has 2 amide bonds. The smallest absolute Gasteiger partial charge is 0.224 e. The Morgan fingerprint density at radius 2 is 2.00 bits per heavy atom. The molecule has 2 rings (SSSR count). The summed E-state index contributed by atoms with van der Waals surface area (Å²) in [4.78, 5) is 22.8. The molecule has 4 heteroatoms. The van der Waals surface area contributed by atoms with Crippen LogP contribution in [0.2, 0.25) is 0 Å². The third-order valence-corrected chi connectivity index (χ3v) is 3.43. The van der Waals surface area contributed by atoms with Gasteiger partial charge in [0.1, 0.15) is 0 Å². The third kappa shape index (κ3) is 5.10. The first-order valence-electron chi connectivity index (χ1n) is 7.44. The maximum Gasteiger partial charge on any atom is 0.224 e. The van der Waals surface area contributed by atoms with Crippen molar-refractivity contribution in [3.05, 3.63) is 42.0 Å². The molecule has 1 aliphatic carbocycles. The quantitative estimate of drug-likeness (QED) is 0.665. The van der Waals surface area contributed by atoms with E-state index in [-0.39, 0.29) is 17.7 Å². The number of carbonyl (C=O) groups is 2. The highest BCUT2D eigenvalue weighted by Crippen LogP contribution is 2.17. The minimum absolute atomic E-state index is 0.0830. The lowest BCUT2D eigenvalue weighted by molar-refractivity contribution is -0.125. The van der Waals surface area contributed by atoms with Crippen LogP contribution >= 0.6 is 0 Å². The first-order valence-corrected chi connectivity index (χ1v) is 7.44. The number of allylic oxidation sites excluding steroid dienone is 2. The summed E-state index contributed by atoms with van der Waals surface area (Å²) in [6.07, 6.45) is 6.90. The van der Waals surface area contributed by atoms with Crippen LogP contribution in [0.1, 0.15) is 31.7 Å². The fourth-order valence-corrected chi connectivity index (χ4v) is 2.29. The third-order valence-electron chi connectivity index (χ3n) is 3.43. The highest BCUT2D eigenvalue weighted by molar-refractivity contribution is 5.88. The van der Waals surface area contributed by atoms with E-state index < -0.39 is 0 Å². The molecular weight excluding hydrogens is 276 g/mol. The van der Waals surface area contributed by atoms with Gasteiger partial charge in [0.15, 0.2) is 0 Å². The molecule has 114 valence electrons. The normalized spacial score (nSPS) is 16.3. The van der Waals surface area contributed by atoms with E-state index in [0.717, 1.165) is 30.5 Å². The second-order valence-electron chi connectivity index (χ2n) is 5.26. The second-order valence-corrected chi connectivity index (χ2v) is 5.26. The van der Waals surface area contributed by atoms with Crippen molar-refractivity contribution in [2.75, 3.05) is 11.9 Å². The number of hydrogen-bond acceptors (Lipinski definition) is 2. The molecule has 0 aromatic heterocycles. The van der Waals surface area contributed by atoms with Gasteiger partial charge in [-0.25, -0.2) is 0 Å². The Hall–Kier alpha value is -2.54. The van der Waals surface area contributed by atoms with E-state index in [2.05, 4.69) is 34.6 Å². The first-order chi connectivity index (χ1) is 10.6. The molecule has 1 aromatic rings. The Labute approximate surface area is 131 Å². The van der Waals surface area contributed by atoms with Crippen molar-refractivity contribution in [2.45, 2.75) is 26.2 Å². The van der Waals surface area contributed by atoms with Crippen molar-refractivity contribution in [1.29, 1.82) is 0 Å². The standard InChI is InChI=1S/C18H20N2O2/c1-14(21)20-17-11-9-15(10-12-17)6-5-13-19-18(22)16-7-3-2-4-8-16/h2-3,9-12,16H,4,7-8,13H2,1H3,(H,19,22)(H,20,21). The van der Waals surface area contributed by atoms with Crippen molar-refractivity contribution in [2.24, 2.45) is 5.92 Å². The predicted octanol–water partition coefficient (Wildman–Crippen LogP) is 2.47. The minimum Gasteiger partial charge on any atom is -0.345 e. The zero-order valence-corrected chi connectivity index (χ0v) is 12.7. The van der Waals surface area contributed by atoms with E-state index in [1.807, 2.05) is 12.1 Å². The number of amides is 2. The molecule has 0 fully saturated rings. The lowest BCUT2D eigenvalue weighted by atomic mass is 9.94. The SMILES string of the molecule is CC(=O)Nc1ccc(C#CCNC(=O)C2CC=CCC2)cc1. The van der Waals surface area contributed by atoms with Crippen LogP contribution in [0.25, 0.3) is 0 Å². The summed E-state index contributed by atoms with van der Waals surface area (Å²) in [6.45, 7) is 1.82. The van der Waals surface area contributed by atoms with Crippen LogP contribution in [0.5, 0.6) is 0 Å². The Morgan fingerprint density at radius 3 is 2.64 bits per heavy atom. The van der Waals surface area contributed by atoms with Gasteiger partial charge in [0.2, 0.25) is 11.8 Å². The fourth-order valence-electron chi connectivity index (χ4n) is 2.29. The monoisotopic (exact) mass is 296 g/mol. The van der Waals surface area contributed by atoms with Crippen LogP contribution in [0.3, 0.4) is 0 Å².